The second-order valence-corrected chi connectivity index (χ2v) is 11.3. The van der Waals surface area contributed by atoms with Crippen LogP contribution in [0.1, 0.15) is 47.2 Å². The number of aliphatic hydroxyl groups is 1. The van der Waals surface area contributed by atoms with E-state index < -0.39 is 23.1 Å². The van der Waals surface area contributed by atoms with Crippen LogP contribution >= 0.6 is 11.6 Å². The van der Waals surface area contributed by atoms with Gasteiger partial charge in [-0.3, -0.25) is 4.79 Å². The lowest BCUT2D eigenvalue weighted by Crippen LogP contribution is -2.46. The van der Waals surface area contributed by atoms with Crippen LogP contribution < -0.4 is 15.8 Å². The molecule has 0 spiro atoms. The Kier molecular flexibility index (Phi) is 6.81. The van der Waals surface area contributed by atoms with Crippen LogP contribution in [0.4, 0.5) is 8.78 Å². The molecule has 1 aliphatic carbocycles. The highest BCUT2D eigenvalue weighted by Crippen LogP contribution is 2.50. The Morgan fingerprint density at radius 2 is 1.88 bits per heavy atom. The van der Waals surface area contributed by atoms with Gasteiger partial charge >= 0.3 is 0 Å². The number of carbonyl (C=O) groups is 1. The van der Waals surface area contributed by atoms with Gasteiger partial charge in [0, 0.05) is 60.4 Å². The second kappa shape index (κ2) is 10.2. The minimum Gasteiger partial charge on any atom is -0.480 e. The Bertz CT molecular complexity index is 1620. The summed E-state index contributed by atoms with van der Waals surface area (Å²) in [5, 5.41) is 13.5. The minimum atomic E-state index is -0.939. The first kappa shape index (κ1) is 26.7. The summed E-state index contributed by atoms with van der Waals surface area (Å²) in [5.41, 5.74) is 6.51. The molecule has 6 nitrogen and oxygen atoms in total. The molecule has 208 valence electrons. The number of ether oxygens (including phenoxy) is 1. The molecular formula is C31H30ClF2N3O3. The molecule has 1 aromatic heterocycles. The van der Waals surface area contributed by atoms with E-state index in [1.54, 1.807) is 23.9 Å². The van der Waals surface area contributed by atoms with Gasteiger partial charge in [0.05, 0.1) is 22.2 Å². The van der Waals surface area contributed by atoms with E-state index in [2.05, 4.69) is 5.32 Å². The lowest BCUT2D eigenvalue weighted by atomic mass is 9.84. The number of hydrogen-bond acceptors (Lipinski definition) is 4. The molecule has 0 bridgehead atoms. The summed E-state index contributed by atoms with van der Waals surface area (Å²) in [7, 11) is 1.74. The highest BCUT2D eigenvalue weighted by molar-refractivity contribution is 6.34. The molecule has 1 amide bonds. The maximum atomic E-state index is 16.2. The van der Waals surface area contributed by atoms with Gasteiger partial charge in [-0.05, 0) is 43.4 Å². The molecule has 0 saturated heterocycles. The zero-order valence-electron chi connectivity index (χ0n) is 22.0. The Labute approximate surface area is 235 Å². The fraction of sp³-hybridized carbons (Fsp3) is 0.323. The van der Waals surface area contributed by atoms with Crippen molar-refractivity contribution in [1.29, 1.82) is 0 Å². The van der Waals surface area contributed by atoms with E-state index in [0.717, 1.165) is 31.2 Å². The average molecular weight is 566 g/mol. The monoisotopic (exact) mass is 565 g/mol. The molecule has 4 aromatic rings. The molecule has 2 heterocycles. The van der Waals surface area contributed by atoms with Crippen LogP contribution in [0.15, 0.2) is 54.7 Å². The van der Waals surface area contributed by atoms with Crippen LogP contribution in [-0.2, 0) is 19.1 Å². The van der Waals surface area contributed by atoms with E-state index in [4.69, 9.17) is 22.1 Å². The van der Waals surface area contributed by atoms with Gasteiger partial charge in [0.2, 0.25) is 5.91 Å². The third-order valence-electron chi connectivity index (χ3n) is 8.37. The highest BCUT2D eigenvalue weighted by atomic mass is 35.5. The van der Waals surface area contributed by atoms with E-state index in [-0.39, 0.29) is 51.4 Å². The van der Waals surface area contributed by atoms with Crippen LogP contribution in [0.2, 0.25) is 5.02 Å². The molecular weight excluding hydrogens is 536 g/mol. The standard InChI is InChI=1S/C31H30ClF2N3O3/c1-37-12-11-20-24(37)13-21(30(35)39)27(29(20)34)26-22-15-31(17-5-3-2-4-6-17,40-25(22)14-23(33)28(26)32)16-36-18-7-9-19(38)10-8-18/h2-6,11-14,18-19,36,38H,7-10,15-16H2,1H3,(H2,35,39)/t18?,19?,31-/m1/s1. The Morgan fingerprint density at radius 1 is 1.15 bits per heavy atom. The number of benzene rings is 3. The number of aliphatic hydroxyl groups excluding tert-OH is 1. The van der Waals surface area contributed by atoms with Gasteiger partial charge in [-0.25, -0.2) is 8.78 Å². The van der Waals surface area contributed by atoms with Crippen LogP contribution in [0.3, 0.4) is 0 Å². The summed E-state index contributed by atoms with van der Waals surface area (Å²) < 4.78 is 39.9. The van der Waals surface area contributed by atoms with Crippen molar-refractivity contribution in [3.8, 4) is 16.9 Å². The molecule has 1 fully saturated rings. The molecule has 0 radical (unpaired) electrons. The number of amides is 1. The fourth-order valence-corrected chi connectivity index (χ4v) is 6.46. The Morgan fingerprint density at radius 3 is 2.58 bits per heavy atom. The molecule has 4 N–H and O–H groups in total. The fourth-order valence-electron chi connectivity index (χ4n) is 6.20. The van der Waals surface area contributed by atoms with Gasteiger partial charge in [-0.15, -0.1) is 0 Å². The summed E-state index contributed by atoms with van der Waals surface area (Å²) in [4.78, 5) is 12.6. The summed E-state index contributed by atoms with van der Waals surface area (Å²) >= 11 is 6.57. The van der Waals surface area contributed by atoms with Crippen molar-refractivity contribution >= 4 is 28.4 Å². The number of primary amides is 1. The number of hydrogen-bond donors (Lipinski definition) is 3. The van der Waals surface area contributed by atoms with Crippen molar-refractivity contribution in [3.05, 3.63) is 88.1 Å². The Hall–Kier alpha value is -3.46. The van der Waals surface area contributed by atoms with Crippen molar-refractivity contribution in [2.45, 2.75) is 49.9 Å². The third-order valence-corrected chi connectivity index (χ3v) is 8.74. The summed E-state index contributed by atoms with van der Waals surface area (Å²) in [6.07, 6.45) is 4.76. The van der Waals surface area contributed by atoms with Crippen molar-refractivity contribution in [2.75, 3.05) is 6.54 Å². The third kappa shape index (κ3) is 4.44. The largest absolute Gasteiger partial charge is 0.480 e. The van der Waals surface area contributed by atoms with Gasteiger partial charge in [0.15, 0.2) is 5.60 Å². The van der Waals surface area contributed by atoms with Crippen LogP contribution in [-0.4, -0.2) is 34.3 Å². The number of nitrogens with one attached hydrogen (secondary N) is 1. The highest BCUT2D eigenvalue weighted by Gasteiger charge is 2.44. The van der Waals surface area contributed by atoms with Crippen LogP contribution in [0.5, 0.6) is 5.75 Å². The average Bonchev–Trinajstić information content (AvgIpc) is 3.51. The number of carbonyl (C=O) groups excluding carboxylic acids is 1. The van der Waals surface area contributed by atoms with Gasteiger partial charge in [-0.1, -0.05) is 41.9 Å². The van der Waals surface area contributed by atoms with E-state index in [1.807, 2.05) is 30.3 Å². The maximum Gasteiger partial charge on any atom is 0.249 e. The molecule has 9 heteroatoms. The summed E-state index contributed by atoms with van der Waals surface area (Å²) in [6, 6.07) is 14.1. The second-order valence-electron chi connectivity index (χ2n) is 10.9. The SMILES string of the molecule is Cn1ccc2c(F)c(-c3c(Cl)c(F)cc4c3C[C@@](CNC3CCC(O)CC3)(c3ccccc3)O4)c(C(N)=O)cc21. The summed E-state index contributed by atoms with van der Waals surface area (Å²) in [5.74, 6) is -2.08. The number of nitrogens with two attached hydrogens (primary N) is 1. The first-order chi connectivity index (χ1) is 19.2. The quantitative estimate of drug-likeness (QED) is 0.284. The molecule has 6 rings (SSSR count). The normalized spacial score (nSPS) is 22.3. The number of nitrogens with zero attached hydrogens (tertiary/aromatic N) is 1. The molecule has 3 aromatic carbocycles. The van der Waals surface area contributed by atoms with Crippen LogP contribution in [0.25, 0.3) is 22.0 Å². The van der Waals surface area contributed by atoms with E-state index in [1.165, 1.54) is 12.1 Å². The van der Waals surface area contributed by atoms with Crippen molar-refractivity contribution in [2.24, 2.45) is 12.8 Å². The van der Waals surface area contributed by atoms with Crippen molar-refractivity contribution < 1.29 is 23.4 Å². The zero-order chi connectivity index (χ0) is 28.2. The van der Waals surface area contributed by atoms with Gasteiger partial charge in [-0.2, -0.15) is 0 Å². The Balaban J connectivity index is 1.50. The molecule has 2 aliphatic rings. The maximum absolute atomic E-state index is 16.2. The van der Waals surface area contributed by atoms with E-state index in [9.17, 15) is 9.90 Å². The topological polar surface area (TPSA) is 89.5 Å². The van der Waals surface area contributed by atoms with Gasteiger partial charge in [0.1, 0.15) is 17.4 Å². The molecule has 40 heavy (non-hydrogen) atoms. The molecule has 1 aliphatic heterocycles. The lowest BCUT2D eigenvalue weighted by Gasteiger charge is -2.34. The minimum absolute atomic E-state index is 0.0762. The number of aromatic nitrogens is 1. The number of halogens is 3. The van der Waals surface area contributed by atoms with Crippen LogP contribution in [0, 0.1) is 11.6 Å². The summed E-state index contributed by atoms with van der Waals surface area (Å²) in [6.45, 7) is 0.397. The number of aryl methyl sites for hydroxylation is 1. The van der Waals surface area contributed by atoms with Crippen molar-refractivity contribution in [1.82, 2.24) is 9.88 Å². The number of fused-ring (bicyclic) bond motifs is 2. The molecule has 1 saturated carbocycles. The van der Waals surface area contributed by atoms with E-state index in [0.29, 0.717) is 17.6 Å². The number of rotatable bonds is 6. The molecule has 0 unspecified atom stereocenters. The smallest absolute Gasteiger partial charge is 0.249 e. The lowest BCUT2D eigenvalue weighted by molar-refractivity contribution is 0.0760. The van der Waals surface area contributed by atoms with Gasteiger partial charge in [0.25, 0.3) is 0 Å². The van der Waals surface area contributed by atoms with Crippen molar-refractivity contribution in [3.63, 3.8) is 0 Å². The van der Waals surface area contributed by atoms with Gasteiger partial charge < -0.3 is 25.5 Å². The molecule has 1 atom stereocenters. The predicted octanol–water partition coefficient (Wildman–Crippen LogP) is 5.60. The predicted molar refractivity (Wildman–Crippen MR) is 151 cm³/mol. The zero-order valence-corrected chi connectivity index (χ0v) is 22.8. The first-order valence-electron chi connectivity index (χ1n) is 13.4. The van der Waals surface area contributed by atoms with E-state index >= 15 is 8.78 Å². The first-order valence-corrected chi connectivity index (χ1v) is 13.8.